The van der Waals surface area contributed by atoms with E-state index in [4.69, 9.17) is 10.2 Å². The van der Waals surface area contributed by atoms with Gasteiger partial charge in [0.2, 0.25) is 0 Å². The Labute approximate surface area is 114 Å². The summed E-state index contributed by atoms with van der Waals surface area (Å²) in [5.41, 5.74) is 6.25. The molecule has 0 spiro atoms. The smallest absolute Gasteiger partial charge is 0.122 e. The number of hydrogen-bond acceptors (Lipinski definition) is 4. The average Bonchev–Trinajstić information content (AvgIpc) is 3.03. The molecule has 2 rings (SSSR count). The molecule has 2 unspecified atom stereocenters. The number of nitrogens with zero attached hydrogens (tertiary/aromatic N) is 3. The van der Waals surface area contributed by atoms with Crippen LogP contribution >= 0.6 is 0 Å². The summed E-state index contributed by atoms with van der Waals surface area (Å²) in [4.78, 5) is 6.54. The van der Waals surface area contributed by atoms with Crippen molar-refractivity contribution in [3.8, 4) is 0 Å². The minimum atomic E-state index is 0.0384. The second kappa shape index (κ2) is 6.04. The summed E-state index contributed by atoms with van der Waals surface area (Å²) in [6.07, 6.45) is 6.35. The van der Waals surface area contributed by atoms with E-state index in [0.29, 0.717) is 0 Å². The van der Waals surface area contributed by atoms with Crippen LogP contribution in [-0.4, -0.2) is 27.5 Å². The first kappa shape index (κ1) is 13.8. The quantitative estimate of drug-likeness (QED) is 0.864. The van der Waals surface area contributed by atoms with E-state index in [1.54, 1.807) is 6.26 Å². The van der Waals surface area contributed by atoms with Gasteiger partial charge in [-0.05, 0) is 25.6 Å². The van der Waals surface area contributed by atoms with E-state index >= 15 is 0 Å². The topological polar surface area (TPSA) is 60.2 Å². The minimum Gasteiger partial charge on any atom is -0.468 e. The van der Waals surface area contributed by atoms with Crippen LogP contribution in [0.3, 0.4) is 0 Å². The molecule has 5 nitrogen and oxygen atoms in total. The lowest BCUT2D eigenvalue weighted by molar-refractivity contribution is 0.171. The number of aromatic nitrogens is 2. The van der Waals surface area contributed by atoms with Crippen molar-refractivity contribution in [2.75, 3.05) is 7.05 Å². The zero-order valence-corrected chi connectivity index (χ0v) is 11.8. The van der Waals surface area contributed by atoms with Crippen LogP contribution < -0.4 is 5.73 Å². The van der Waals surface area contributed by atoms with E-state index in [0.717, 1.165) is 24.6 Å². The van der Waals surface area contributed by atoms with Crippen LogP contribution in [0.1, 0.15) is 31.0 Å². The Morgan fingerprint density at radius 2 is 2.32 bits per heavy atom. The number of rotatable bonds is 6. The molecule has 2 atom stereocenters. The normalized spacial score (nSPS) is 14.8. The molecular weight excluding hydrogens is 240 g/mol. The van der Waals surface area contributed by atoms with Gasteiger partial charge in [-0.25, -0.2) is 4.98 Å². The molecule has 0 aromatic carbocycles. The monoisotopic (exact) mass is 262 g/mol. The first-order chi connectivity index (χ1) is 9.13. The third-order valence-electron chi connectivity index (χ3n) is 3.50. The molecule has 2 aromatic heterocycles. The zero-order chi connectivity index (χ0) is 13.8. The minimum absolute atomic E-state index is 0.0384. The van der Waals surface area contributed by atoms with Crippen molar-refractivity contribution in [3.63, 3.8) is 0 Å². The molecule has 0 saturated heterocycles. The van der Waals surface area contributed by atoms with Crippen LogP contribution in [0, 0.1) is 0 Å². The van der Waals surface area contributed by atoms with Gasteiger partial charge in [0, 0.05) is 25.5 Å². The van der Waals surface area contributed by atoms with Gasteiger partial charge in [0.15, 0.2) is 0 Å². The third-order valence-corrected chi connectivity index (χ3v) is 3.50. The number of likely N-dealkylation sites (N-methyl/N-ethyl adjacent to an activating group) is 1. The number of furan rings is 1. The third kappa shape index (κ3) is 3.05. The maximum absolute atomic E-state index is 6.25. The van der Waals surface area contributed by atoms with E-state index < -0.39 is 0 Å². The summed E-state index contributed by atoms with van der Waals surface area (Å²) in [5, 5.41) is 0. The highest BCUT2D eigenvalue weighted by Crippen LogP contribution is 2.25. The molecule has 0 aliphatic rings. The molecule has 2 N–H and O–H groups in total. The number of nitrogens with two attached hydrogens (primary N) is 1. The van der Waals surface area contributed by atoms with Gasteiger partial charge in [0.1, 0.15) is 11.6 Å². The van der Waals surface area contributed by atoms with Crippen molar-refractivity contribution in [2.24, 2.45) is 12.8 Å². The Balaban J connectivity index is 2.17. The zero-order valence-electron chi connectivity index (χ0n) is 11.8. The van der Waals surface area contributed by atoms with Gasteiger partial charge in [-0.3, -0.25) is 4.90 Å². The Hall–Kier alpha value is -1.59. The first-order valence-electron chi connectivity index (χ1n) is 6.59. The predicted octanol–water partition coefficient (Wildman–Crippen LogP) is 1.92. The van der Waals surface area contributed by atoms with Gasteiger partial charge >= 0.3 is 0 Å². The fourth-order valence-electron chi connectivity index (χ4n) is 2.31. The molecule has 0 amide bonds. The van der Waals surface area contributed by atoms with Crippen molar-refractivity contribution in [2.45, 2.75) is 32.0 Å². The summed E-state index contributed by atoms with van der Waals surface area (Å²) in [6, 6.07) is 3.99. The Morgan fingerprint density at radius 3 is 2.84 bits per heavy atom. The van der Waals surface area contributed by atoms with Gasteiger partial charge in [-0.2, -0.15) is 0 Å². The number of aryl methyl sites for hydroxylation is 1. The Morgan fingerprint density at radius 1 is 1.53 bits per heavy atom. The second-order valence-corrected chi connectivity index (χ2v) is 4.90. The molecule has 104 valence electrons. The van der Waals surface area contributed by atoms with Crippen molar-refractivity contribution in [1.82, 2.24) is 14.5 Å². The van der Waals surface area contributed by atoms with Gasteiger partial charge in [-0.1, -0.05) is 6.92 Å². The largest absolute Gasteiger partial charge is 0.468 e. The Bertz CT molecular complexity index is 491. The predicted molar refractivity (Wildman–Crippen MR) is 74.4 cm³/mol. The molecule has 0 aliphatic carbocycles. The van der Waals surface area contributed by atoms with Gasteiger partial charge < -0.3 is 14.7 Å². The second-order valence-electron chi connectivity index (χ2n) is 4.90. The van der Waals surface area contributed by atoms with Crippen molar-refractivity contribution in [1.29, 1.82) is 0 Å². The van der Waals surface area contributed by atoms with Crippen LogP contribution in [0.5, 0.6) is 0 Å². The molecular formula is C14H22N4O. The highest BCUT2D eigenvalue weighted by Gasteiger charge is 2.26. The first-order valence-corrected chi connectivity index (χ1v) is 6.59. The lowest BCUT2D eigenvalue weighted by atomic mass is 10.0. The lowest BCUT2D eigenvalue weighted by Gasteiger charge is -2.30. The molecule has 0 aliphatic heterocycles. The fourth-order valence-corrected chi connectivity index (χ4v) is 2.31. The summed E-state index contributed by atoms with van der Waals surface area (Å²) in [6.45, 7) is 2.83. The van der Waals surface area contributed by atoms with Gasteiger partial charge in [0.05, 0.1) is 18.8 Å². The fraction of sp³-hybridized carbons (Fsp3) is 0.500. The van der Waals surface area contributed by atoms with Crippen LogP contribution in [0.4, 0.5) is 0 Å². The SMILES string of the molecule is CCC(N)C(c1ccco1)N(C)Cc1nccn1C. The van der Waals surface area contributed by atoms with E-state index in [-0.39, 0.29) is 12.1 Å². The number of hydrogen-bond donors (Lipinski definition) is 1. The van der Waals surface area contributed by atoms with Gasteiger partial charge in [0.25, 0.3) is 0 Å². The van der Waals surface area contributed by atoms with Crippen LogP contribution in [0.2, 0.25) is 0 Å². The van der Waals surface area contributed by atoms with Crippen LogP contribution in [0.25, 0.3) is 0 Å². The molecule has 5 heteroatoms. The van der Waals surface area contributed by atoms with Crippen LogP contribution in [-0.2, 0) is 13.6 Å². The van der Waals surface area contributed by atoms with E-state index in [2.05, 4.69) is 23.9 Å². The van der Waals surface area contributed by atoms with Gasteiger partial charge in [-0.15, -0.1) is 0 Å². The van der Waals surface area contributed by atoms with Crippen molar-refractivity contribution >= 4 is 0 Å². The summed E-state index contributed by atoms with van der Waals surface area (Å²) >= 11 is 0. The summed E-state index contributed by atoms with van der Waals surface area (Å²) in [5.74, 6) is 1.92. The summed E-state index contributed by atoms with van der Waals surface area (Å²) < 4.78 is 7.56. The van der Waals surface area contributed by atoms with E-state index in [1.165, 1.54) is 0 Å². The molecule has 0 saturated carbocycles. The maximum atomic E-state index is 6.25. The van der Waals surface area contributed by atoms with Crippen LogP contribution in [0.15, 0.2) is 35.2 Å². The molecule has 2 heterocycles. The van der Waals surface area contributed by atoms with Crippen molar-refractivity contribution < 1.29 is 4.42 Å². The lowest BCUT2D eigenvalue weighted by Crippen LogP contribution is -2.38. The standard InChI is InChI=1S/C14H22N4O/c1-4-11(15)14(12-6-5-9-19-12)18(3)10-13-16-7-8-17(13)2/h5-9,11,14H,4,10,15H2,1-3H3. The average molecular weight is 262 g/mol. The highest BCUT2D eigenvalue weighted by molar-refractivity contribution is 5.08. The van der Waals surface area contributed by atoms with E-state index in [9.17, 15) is 0 Å². The molecule has 0 radical (unpaired) electrons. The number of imidazole rings is 1. The van der Waals surface area contributed by atoms with E-state index in [1.807, 2.05) is 36.1 Å². The maximum Gasteiger partial charge on any atom is 0.122 e. The molecule has 0 bridgehead atoms. The summed E-state index contributed by atoms with van der Waals surface area (Å²) in [7, 11) is 4.05. The Kier molecular flexibility index (Phi) is 4.39. The molecule has 2 aromatic rings. The van der Waals surface area contributed by atoms with Crippen molar-refractivity contribution in [3.05, 3.63) is 42.4 Å². The molecule has 19 heavy (non-hydrogen) atoms. The highest BCUT2D eigenvalue weighted by atomic mass is 16.3. The molecule has 0 fully saturated rings.